The molecule has 0 spiro atoms. The number of carbonyl (C=O) groups excluding carboxylic acids is 1. The number of piperazine rings is 1. The number of carbonyl (C=O) groups is 1. The van der Waals surface area contributed by atoms with Crippen molar-refractivity contribution in [2.24, 2.45) is 5.92 Å². The van der Waals surface area contributed by atoms with E-state index >= 15 is 0 Å². The number of nitrogens with zero attached hydrogens (tertiary/aromatic N) is 2. The lowest BCUT2D eigenvalue weighted by Crippen LogP contribution is -2.52. The quantitative estimate of drug-likeness (QED) is 0.837. The predicted octanol–water partition coefficient (Wildman–Crippen LogP) is 1.20. The van der Waals surface area contributed by atoms with Crippen LogP contribution in [0.1, 0.15) is 6.42 Å². The fraction of sp³-hybridized carbons (Fsp3) is 0.533. The molecule has 24 heavy (non-hydrogen) atoms. The summed E-state index contributed by atoms with van der Waals surface area (Å²) in [6, 6.07) is 6.44. The summed E-state index contributed by atoms with van der Waals surface area (Å²) in [6.45, 7) is 3.06. The van der Waals surface area contributed by atoms with Crippen molar-refractivity contribution in [2.75, 3.05) is 39.3 Å². The van der Waals surface area contributed by atoms with Gasteiger partial charge in [0.05, 0.1) is 10.9 Å². The van der Waals surface area contributed by atoms with Crippen molar-refractivity contribution in [2.45, 2.75) is 11.3 Å². The number of sulfonamides is 1. The molecule has 1 aromatic rings. The minimum absolute atomic E-state index is 0. The summed E-state index contributed by atoms with van der Waals surface area (Å²) < 4.78 is 26.7. The van der Waals surface area contributed by atoms with Crippen molar-refractivity contribution in [3.05, 3.63) is 29.3 Å². The van der Waals surface area contributed by atoms with E-state index < -0.39 is 10.0 Å². The second-order valence-electron chi connectivity index (χ2n) is 5.85. The van der Waals surface area contributed by atoms with E-state index in [1.807, 2.05) is 0 Å². The van der Waals surface area contributed by atoms with Crippen molar-refractivity contribution in [3.63, 3.8) is 0 Å². The first-order chi connectivity index (χ1) is 11.0. The van der Waals surface area contributed by atoms with Crippen LogP contribution in [0.2, 0.25) is 5.02 Å². The van der Waals surface area contributed by atoms with Crippen molar-refractivity contribution < 1.29 is 13.2 Å². The highest BCUT2D eigenvalue weighted by Crippen LogP contribution is 2.25. The third-order valence-electron chi connectivity index (χ3n) is 4.41. The maximum Gasteiger partial charge on any atom is 0.244 e. The Kier molecular flexibility index (Phi) is 6.50. The molecule has 2 aliphatic heterocycles. The summed E-state index contributed by atoms with van der Waals surface area (Å²) in [4.78, 5) is 14.3. The highest BCUT2D eigenvalue weighted by Gasteiger charge is 2.33. The molecule has 1 atom stereocenters. The average molecular weight is 394 g/mol. The molecule has 2 fully saturated rings. The summed E-state index contributed by atoms with van der Waals surface area (Å²) >= 11 is 6.02. The minimum Gasteiger partial charge on any atom is -0.340 e. The number of hydrogen-bond donors (Lipinski definition) is 1. The van der Waals surface area contributed by atoms with Crippen LogP contribution in [-0.2, 0) is 14.8 Å². The molecule has 6 nitrogen and oxygen atoms in total. The Morgan fingerprint density at radius 3 is 2.42 bits per heavy atom. The van der Waals surface area contributed by atoms with Gasteiger partial charge in [-0.25, -0.2) is 8.42 Å². The van der Waals surface area contributed by atoms with Crippen LogP contribution in [0.15, 0.2) is 29.2 Å². The van der Waals surface area contributed by atoms with Gasteiger partial charge in [0, 0.05) is 32.7 Å². The lowest BCUT2D eigenvalue weighted by atomic mass is 10.1. The van der Waals surface area contributed by atoms with Gasteiger partial charge in [-0.1, -0.05) is 23.7 Å². The van der Waals surface area contributed by atoms with Gasteiger partial charge in [-0.15, -0.1) is 12.4 Å². The monoisotopic (exact) mass is 393 g/mol. The lowest BCUT2D eigenvalue weighted by molar-refractivity contribution is -0.136. The molecule has 9 heteroatoms. The third kappa shape index (κ3) is 3.86. The van der Waals surface area contributed by atoms with E-state index in [1.165, 1.54) is 10.4 Å². The SMILES string of the molecule is Cl.O=C(C1CCNC1)N1CCN(S(=O)(=O)c2ccccc2Cl)CC1. The topological polar surface area (TPSA) is 69.7 Å². The summed E-state index contributed by atoms with van der Waals surface area (Å²) in [6.07, 6.45) is 0.858. The summed E-state index contributed by atoms with van der Waals surface area (Å²) in [5.41, 5.74) is 0. The third-order valence-corrected chi connectivity index (χ3v) is 6.81. The molecule has 0 bridgehead atoms. The first kappa shape index (κ1) is 19.5. The van der Waals surface area contributed by atoms with Crippen LogP contribution in [0, 0.1) is 5.92 Å². The molecule has 1 N–H and O–H groups in total. The average Bonchev–Trinajstić information content (AvgIpc) is 3.09. The largest absolute Gasteiger partial charge is 0.340 e. The standard InChI is InChI=1S/C15H20ClN3O3S.ClH/c16-13-3-1-2-4-14(13)23(21,22)19-9-7-18(8-10-19)15(20)12-5-6-17-11-12;/h1-4,12,17H,5-11H2;1H. The first-order valence-corrected chi connectivity index (χ1v) is 9.56. The second-order valence-corrected chi connectivity index (χ2v) is 8.16. The molecule has 2 saturated heterocycles. The molecular weight excluding hydrogens is 373 g/mol. The Morgan fingerprint density at radius 1 is 1.17 bits per heavy atom. The van der Waals surface area contributed by atoms with Crippen LogP contribution in [0.25, 0.3) is 0 Å². The van der Waals surface area contributed by atoms with Gasteiger partial charge in [-0.05, 0) is 25.1 Å². The number of halogens is 2. The van der Waals surface area contributed by atoms with E-state index in [-0.39, 0.29) is 34.2 Å². The zero-order valence-corrected chi connectivity index (χ0v) is 15.5. The first-order valence-electron chi connectivity index (χ1n) is 7.74. The van der Waals surface area contributed by atoms with Crippen LogP contribution in [-0.4, -0.2) is 62.8 Å². The molecule has 0 radical (unpaired) electrons. The van der Waals surface area contributed by atoms with Crippen LogP contribution < -0.4 is 5.32 Å². The van der Waals surface area contributed by atoms with Gasteiger partial charge >= 0.3 is 0 Å². The number of amides is 1. The van der Waals surface area contributed by atoms with E-state index in [0.29, 0.717) is 26.2 Å². The van der Waals surface area contributed by atoms with Crippen LogP contribution in [0.5, 0.6) is 0 Å². The van der Waals surface area contributed by atoms with Crippen molar-refractivity contribution in [1.82, 2.24) is 14.5 Å². The number of benzene rings is 1. The van der Waals surface area contributed by atoms with Crippen molar-refractivity contribution in [3.8, 4) is 0 Å². The Hall–Kier alpha value is -0.860. The molecule has 0 saturated carbocycles. The molecule has 1 unspecified atom stereocenters. The fourth-order valence-corrected chi connectivity index (χ4v) is 4.98. The van der Waals surface area contributed by atoms with E-state index in [0.717, 1.165) is 19.5 Å². The fourth-order valence-electron chi connectivity index (χ4n) is 3.07. The van der Waals surface area contributed by atoms with Gasteiger partial charge in [-0.3, -0.25) is 4.79 Å². The van der Waals surface area contributed by atoms with Crippen LogP contribution >= 0.6 is 24.0 Å². The smallest absolute Gasteiger partial charge is 0.244 e. The van der Waals surface area contributed by atoms with Gasteiger partial charge in [0.25, 0.3) is 0 Å². The van der Waals surface area contributed by atoms with Crippen LogP contribution in [0.3, 0.4) is 0 Å². The van der Waals surface area contributed by atoms with Crippen molar-refractivity contribution >= 4 is 39.9 Å². The second kappa shape index (κ2) is 8.01. The summed E-state index contributed by atoms with van der Waals surface area (Å²) in [5, 5.41) is 3.41. The van der Waals surface area contributed by atoms with Gasteiger partial charge in [0.2, 0.25) is 15.9 Å². The van der Waals surface area contributed by atoms with Gasteiger partial charge in [0.15, 0.2) is 0 Å². The summed E-state index contributed by atoms with van der Waals surface area (Å²) in [5.74, 6) is 0.159. The van der Waals surface area contributed by atoms with Gasteiger partial charge in [0.1, 0.15) is 4.90 Å². The minimum atomic E-state index is -3.61. The predicted molar refractivity (Wildman–Crippen MR) is 95.0 cm³/mol. The molecule has 0 aliphatic carbocycles. The molecule has 134 valence electrons. The van der Waals surface area contributed by atoms with E-state index in [2.05, 4.69) is 5.32 Å². The lowest BCUT2D eigenvalue weighted by Gasteiger charge is -2.35. The van der Waals surface area contributed by atoms with E-state index in [4.69, 9.17) is 11.6 Å². The summed E-state index contributed by atoms with van der Waals surface area (Å²) in [7, 11) is -3.61. The highest BCUT2D eigenvalue weighted by molar-refractivity contribution is 7.89. The zero-order chi connectivity index (χ0) is 16.4. The van der Waals surface area contributed by atoms with Crippen LogP contribution in [0.4, 0.5) is 0 Å². The maximum atomic E-state index is 12.7. The van der Waals surface area contributed by atoms with E-state index in [9.17, 15) is 13.2 Å². The molecule has 3 rings (SSSR count). The normalized spacial score (nSPS) is 22.2. The van der Waals surface area contributed by atoms with Gasteiger partial charge < -0.3 is 10.2 Å². The van der Waals surface area contributed by atoms with E-state index in [1.54, 1.807) is 23.1 Å². The Bertz CT molecular complexity index is 685. The number of hydrogen-bond acceptors (Lipinski definition) is 4. The molecule has 1 amide bonds. The maximum absolute atomic E-state index is 12.7. The number of nitrogens with one attached hydrogen (secondary N) is 1. The molecule has 2 heterocycles. The van der Waals surface area contributed by atoms with Gasteiger partial charge in [-0.2, -0.15) is 4.31 Å². The number of rotatable bonds is 3. The Labute approximate surface area is 153 Å². The highest BCUT2D eigenvalue weighted by atomic mass is 35.5. The molecule has 1 aromatic carbocycles. The zero-order valence-electron chi connectivity index (χ0n) is 13.2. The Morgan fingerprint density at radius 2 is 1.83 bits per heavy atom. The van der Waals surface area contributed by atoms with Crippen molar-refractivity contribution in [1.29, 1.82) is 0 Å². The molecule has 0 aromatic heterocycles. The molecule has 2 aliphatic rings. The Balaban J connectivity index is 0.00000208. The molecular formula is C15H21Cl2N3O3S.